The summed E-state index contributed by atoms with van der Waals surface area (Å²) >= 11 is 0. The van der Waals surface area contributed by atoms with Gasteiger partial charge >= 0.3 is 0 Å². The number of ether oxygens (including phenoxy) is 1. The van der Waals surface area contributed by atoms with Crippen LogP contribution in [0, 0.1) is 17.2 Å². The van der Waals surface area contributed by atoms with E-state index in [1.807, 2.05) is 20.8 Å². The Morgan fingerprint density at radius 2 is 2.21 bits per heavy atom. The molecule has 1 aliphatic rings. The Morgan fingerprint density at radius 3 is 2.57 bits per heavy atom. The Morgan fingerprint density at radius 1 is 1.57 bits per heavy atom. The van der Waals surface area contributed by atoms with Gasteiger partial charge in [0.1, 0.15) is 5.60 Å². The van der Waals surface area contributed by atoms with E-state index in [9.17, 15) is 5.11 Å². The summed E-state index contributed by atoms with van der Waals surface area (Å²) in [6, 6.07) is 2.21. The highest BCUT2D eigenvalue weighted by Gasteiger charge is 2.53. The van der Waals surface area contributed by atoms with E-state index in [0.717, 1.165) is 12.8 Å². The molecule has 0 aromatic carbocycles. The Kier molecular flexibility index (Phi) is 3.18. The van der Waals surface area contributed by atoms with Gasteiger partial charge in [-0.1, -0.05) is 13.3 Å². The Balaban J connectivity index is 2.87. The molecule has 1 fully saturated rings. The maximum Gasteiger partial charge on any atom is 0.111 e. The lowest BCUT2D eigenvalue weighted by Gasteiger charge is -2.38. The van der Waals surface area contributed by atoms with Crippen LogP contribution in [0.1, 0.15) is 40.0 Å². The van der Waals surface area contributed by atoms with Crippen molar-refractivity contribution in [3.8, 4) is 6.07 Å². The number of nitriles is 1. The van der Waals surface area contributed by atoms with E-state index < -0.39 is 11.2 Å². The summed E-state index contributed by atoms with van der Waals surface area (Å²) in [7, 11) is 0. The van der Waals surface area contributed by atoms with Gasteiger partial charge in [0.05, 0.1) is 24.2 Å². The Labute approximate surface area is 85.7 Å². The molecule has 0 aromatic heterocycles. The van der Waals surface area contributed by atoms with Gasteiger partial charge in [0.15, 0.2) is 0 Å². The number of nitrogens with zero attached hydrogens (tertiary/aromatic N) is 1. The molecule has 2 atom stereocenters. The molecular formula is C11H19NO2. The molecule has 1 saturated heterocycles. The quantitative estimate of drug-likeness (QED) is 0.751. The summed E-state index contributed by atoms with van der Waals surface area (Å²) in [6.07, 6.45) is 2.22. The minimum Gasteiger partial charge on any atom is -0.385 e. The Hall–Kier alpha value is -0.590. The van der Waals surface area contributed by atoms with Crippen LogP contribution in [0.5, 0.6) is 0 Å². The molecule has 0 aromatic rings. The number of hydrogen-bond donors (Lipinski definition) is 1. The van der Waals surface area contributed by atoms with Gasteiger partial charge in [-0.15, -0.1) is 0 Å². The second-order valence-electron chi connectivity index (χ2n) is 4.50. The molecule has 3 heteroatoms. The summed E-state index contributed by atoms with van der Waals surface area (Å²) in [5.74, 6) is -0.315. The Bertz CT molecular complexity index is 244. The summed E-state index contributed by atoms with van der Waals surface area (Å²) < 4.78 is 5.48. The van der Waals surface area contributed by atoms with Gasteiger partial charge in [0.2, 0.25) is 0 Å². The first kappa shape index (κ1) is 11.5. The maximum atomic E-state index is 10.5. The first-order chi connectivity index (χ1) is 6.48. The lowest BCUT2D eigenvalue weighted by atomic mass is 9.74. The first-order valence-electron chi connectivity index (χ1n) is 5.24. The minimum absolute atomic E-state index is 0.315. The third-order valence-electron chi connectivity index (χ3n) is 3.30. The standard InChI is InChI=1S/C11H19NO2/c1-4-5-9(8-12)11(13)6-7-14-10(11,2)3/h9,13H,4-7H2,1-3H3. The zero-order valence-corrected chi connectivity index (χ0v) is 9.21. The first-order valence-corrected chi connectivity index (χ1v) is 5.24. The molecule has 0 saturated carbocycles. The highest BCUT2D eigenvalue weighted by Crippen LogP contribution is 2.42. The van der Waals surface area contributed by atoms with Gasteiger partial charge < -0.3 is 9.84 Å². The molecule has 1 rings (SSSR count). The fourth-order valence-corrected chi connectivity index (χ4v) is 2.18. The van der Waals surface area contributed by atoms with Crippen LogP contribution in [-0.4, -0.2) is 22.9 Å². The normalized spacial score (nSPS) is 32.5. The molecule has 2 unspecified atom stereocenters. The molecule has 1 heterocycles. The fourth-order valence-electron chi connectivity index (χ4n) is 2.18. The van der Waals surface area contributed by atoms with Gasteiger partial charge in [0, 0.05) is 6.42 Å². The lowest BCUT2D eigenvalue weighted by Crippen LogP contribution is -2.51. The highest BCUT2D eigenvalue weighted by molar-refractivity contribution is 5.09. The van der Waals surface area contributed by atoms with E-state index in [1.54, 1.807) is 0 Å². The molecule has 80 valence electrons. The third-order valence-corrected chi connectivity index (χ3v) is 3.30. The molecular weight excluding hydrogens is 178 g/mol. The van der Waals surface area contributed by atoms with E-state index in [-0.39, 0.29) is 5.92 Å². The van der Waals surface area contributed by atoms with E-state index in [0.29, 0.717) is 13.0 Å². The molecule has 0 bridgehead atoms. The van der Waals surface area contributed by atoms with Crippen molar-refractivity contribution in [3.63, 3.8) is 0 Å². The summed E-state index contributed by atoms with van der Waals surface area (Å²) in [5, 5.41) is 19.5. The van der Waals surface area contributed by atoms with Crippen molar-refractivity contribution in [2.24, 2.45) is 5.92 Å². The zero-order valence-electron chi connectivity index (χ0n) is 9.21. The van der Waals surface area contributed by atoms with E-state index in [4.69, 9.17) is 10.00 Å². The summed E-state index contributed by atoms with van der Waals surface area (Å²) in [6.45, 7) is 6.29. The maximum absolute atomic E-state index is 10.5. The van der Waals surface area contributed by atoms with Crippen molar-refractivity contribution in [1.82, 2.24) is 0 Å². The van der Waals surface area contributed by atoms with Crippen molar-refractivity contribution >= 4 is 0 Å². The van der Waals surface area contributed by atoms with Crippen LogP contribution in [0.15, 0.2) is 0 Å². The molecule has 0 aliphatic carbocycles. The number of aliphatic hydroxyl groups is 1. The van der Waals surface area contributed by atoms with Crippen LogP contribution in [-0.2, 0) is 4.74 Å². The second-order valence-corrected chi connectivity index (χ2v) is 4.50. The molecule has 0 amide bonds. The monoisotopic (exact) mass is 197 g/mol. The molecule has 1 aliphatic heterocycles. The largest absolute Gasteiger partial charge is 0.385 e. The average molecular weight is 197 g/mol. The van der Waals surface area contributed by atoms with Crippen LogP contribution in [0.25, 0.3) is 0 Å². The van der Waals surface area contributed by atoms with E-state index >= 15 is 0 Å². The van der Waals surface area contributed by atoms with E-state index in [1.165, 1.54) is 0 Å². The lowest BCUT2D eigenvalue weighted by molar-refractivity contribution is -0.119. The average Bonchev–Trinajstić information content (AvgIpc) is 2.38. The SMILES string of the molecule is CCCC(C#N)C1(O)CCOC1(C)C. The van der Waals surface area contributed by atoms with Crippen LogP contribution < -0.4 is 0 Å². The number of rotatable bonds is 3. The van der Waals surface area contributed by atoms with Crippen molar-refractivity contribution in [2.75, 3.05) is 6.61 Å². The van der Waals surface area contributed by atoms with E-state index in [2.05, 4.69) is 6.07 Å². The van der Waals surface area contributed by atoms with Crippen molar-refractivity contribution in [3.05, 3.63) is 0 Å². The van der Waals surface area contributed by atoms with Gasteiger partial charge in [-0.05, 0) is 20.3 Å². The topological polar surface area (TPSA) is 53.2 Å². The molecule has 14 heavy (non-hydrogen) atoms. The van der Waals surface area contributed by atoms with Crippen LogP contribution in [0.2, 0.25) is 0 Å². The van der Waals surface area contributed by atoms with Gasteiger partial charge in [-0.2, -0.15) is 5.26 Å². The van der Waals surface area contributed by atoms with Crippen molar-refractivity contribution < 1.29 is 9.84 Å². The summed E-state index contributed by atoms with van der Waals surface area (Å²) in [5.41, 5.74) is -1.57. The second kappa shape index (κ2) is 3.88. The van der Waals surface area contributed by atoms with Crippen molar-refractivity contribution in [2.45, 2.75) is 51.2 Å². The van der Waals surface area contributed by atoms with Crippen LogP contribution in [0.3, 0.4) is 0 Å². The minimum atomic E-state index is -0.974. The third kappa shape index (κ3) is 1.65. The predicted octanol–water partition coefficient (Wildman–Crippen LogP) is 1.86. The molecule has 0 radical (unpaired) electrons. The molecule has 3 nitrogen and oxygen atoms in total. The van der Waals surface area contributed by atoms with Crippen LogP contribution >= 0.6 is 0 Å². The van der Waals surface area contributed by atoms with Gasteiger partial charge in [-0.3, -0.25) is 0 Å². The molecule has 0 spiro atoms. The molecule has 1 N–H and O–H groups in total. The van der Waals surface area contributed by atoms with Gasteiger partial charge in [0.25, 0.3) is 0 Å². The fraction of sp³-hybridized carbons (Fsp3) is 0.909. The highest BCUT2D eigenvalue weighted by atomic mass is 16.5. The van der Waals surface area contributed by atoms with Crippen LogP contribution in [0.4, 0.5) is 0 Å². The van der Waals surface area contributed by atoms with Crippen molar-refractivity contribution in [1.29, 1.82) is 5.26 Å². The zero-order chi connectivity index (χ0) is 10.8. The smallest absolute Gasteiger partial charge is 0.111 e. The number of hydrogen-bond acceptors (Lipinski definition) is 3. The summed E-state index contributed by atoms with van der Waals surface area (Å²) in [4.78, 5) is 0. The van der Waals surface area contributed by atoms with Gasteiger partial charge in [-0.25, -0.2) is 0 Å². The predicted molar refractivity (Wildman–Crippen MR) is 53.6 cm³/mol.